The molecule has 0 saturated carbocycles. The number of carbonyl (C=O) groups excluding carboxylic acids is 2. The number of nitrogens with one attached hydrogen (secondary N) is 1. The molecule has 2 aromatic heterocycles. The number of rotatable bonds is 5. The van der Waals surface area contributed by atoms with E-state index in [4.69, 9.17) is 4.74 Å². The third kappa shape index (κ3) is 3.32. The molecule has 0 aromatic carbocycles. The Morgan fingerprint density at radius 3 is 2.81 bits per heavy atom. The molecule has 1 amide bonds. The van der Waals surface area contributed by atoms with E-state index in [0.29, 0.717) is 10.6 Å². The molecule has 1 aliphatic carbocycles. The van der Waals surface area contributed by atoms with Crippen LogP contribution in [0.1, 0.15) is 46.6 Å². The molecule has 0 fully saturated rings. The van der Waals surface area contributed by atoms with Crippen molar-refractivity contribution < 1.29 is 19.2 Å². The van der Waals surface area contributed by atoms with Crippen molar-refractivity contribution in [1.82, 2.24) is 9.78 Å². The zero-order chi connectivity index (χ0) is 18.8. The first kappa shape index (κ1) is 18.1. The van der Waals surface area contributed by atoms with Gasteiger partial charge in [-0.25, -0.2) is 4.79 Å². The van der Waals surface area contributed by atoms with E-state index in [1.165, 1.54) is 29.3 Å². The average Bonchev–Trinajstić information content (AvgIpc) is 3.25. The van der Waals surface area contributed by atoms with Crippen LogP contribution in [0.5, 0.6) is 0 Å². The molecule has 9 nitrogen and oxygen atoms in total. The Hall–Kier alpha value is -2.75. The number of carbonyl (C=O) groups is 2. The molecule has 1 N–H and O–H groups in total. The largest absolute Gasteiger partial charge is 0.465 e. The van der Waals surface area contributed by atoms with Crippen molar-refractivity contribution in [3.63, 3.8) is 0 Å². The van der Waals surface area contributed by atoms with Gasteiger partial charge in [-0.3, -0.25) is 19.6 Å². The van der Waals surface area contributed by atoms with E-state index in [-0.39, 0.29) is 5.69 Å². The minimum Gasteiger partial charge on any atom is -0.465 e. The van der Waals surface area contributed by atoms with E-state index >= 15 is 0 Å². The van der Waals surface area contributed by atoms with Crippen LogP contribution in [0.2, 0.25) is 0 Å². The van der Waals surface area contributed by atoms with Crippen LogP contribution in [0, 0.1) is 10.1 Å². The van der Waals surface area contributed by atoms with Gasteiger partial charge < -0.3 is 10.1 Å². The Balaban J connectivity index is 1.85. The lowest BCUT2D eigenvalue weighted by molar-refractivity contribution is -0.385. The highest BCUT2D eigenvalue weighted by Crippen LogP contribution is 2.38. The van der Waals surface area contributed by atoms with Crippen molar-refractivity contribution in [2.75, 3.05) is 12.4 Å². The molecule has 1 atom stereocenters. The fraction of sp³-hybridized carbons (Fsp3) is 0.438. The van der Waals surface area contributed by atoms with Crippen molar-refractivity contribution in [2.45, 2.75) is 38.6 Å². The molecule has 0 aliphatic heterocycles. The summed E-state index contributed by atoms with van der Waals surface area (Å²) < 4.78 is 6.10. The molecule has 3 rings (SSSR count). The highest BCUT2D eigenvalue weighted by molar-refractivity contribution is 7.17. The number of hydrogen-bond donors (Lipinski definition) is 1. The van der Waals surface area contributed by atoms with E-state index < -0.39 is 22.8 Å². The van der Waals surface area contributed by atoms with Crippen LogP contribution in [0.15, 0.2) is 12.4 Å². The first-order valence-corrected chi connectivity index (χ1v) is 8.96. The second kappa shape index (κ2) is 7.24. The Labute approximate surface area is 153 Å². The van der Waals surface area contributed by atoms with Gasteiger partial charge in [0, 0.05) is 4.88 Å². The molecule has 0 spiro atoms. The van der Waals surface area contributed by atoms with E-state index in [9.17, 15) is 19.7 Å². The van der Waals surface area contributed by atoms with Gasteiger partial charge in [-0.1, -0.05) is 0 Å². The summed E-state index contributed by atoms with van der Waals surface area (Å²) in [5.74, 6) is -0.881. The highest BCUT2D eigenvalue weighted by Gasteiger charge is 2.28. The number of aryl methyl sites for hydroxylation is 1. The van der Waals surface area contributed by atoms with E-state index in [2.05, 4.69) is 10.4 Å². The second-order valence-corrected chi connectivity index (χ2v) is 7.11. The maximum absolute atomic E-state index is 12.6. The van der Waals surface area contributed by atoms with E-state index in [0.717, 1.165) is 42.3 Å². The Kier molecular flexibility index (Phi) is 5.03. The second-order valence-electron chi connectivity index (χ2n) is 6.01. The Morgan fingerprint density at radius 2 is 2.15 bits per heavy atom. The molecule has 138 valence electrons. The SMILES string of the molecule is COC(=O)c1c(NC(=O)[C@H](C)n2cc([N+](=O)[O-])cn2)sc2c1CCCC2. The van der Waals surface area contributed by atoms with Gasteiger partial charge in [0.05, 0.1) is 17.6 Å². The van der Waals surface area contributed by atoms with Gasteiger partial charge in [-0.2, -0.15) is 5.10 Å². The monoisotopic (exact) mass is 378 g/mol. The summed E-state index contributed by atoms with van der Waals surface area (Å²) in [6.45, 7) is 1.58. The molecule has 0 saturated heterocycles. The summed E-state index contributed by atoms with van der Waals surface area (Å²) in [4.78, 5) is 36.1. The lowest BCUT2D eigenvalue weighted by atomic mass is 9.95. The van der Waals surface area contributed by atoms with Gasteiger partial charge >= 0.3 is 11.7 Å². The van der Waals surface area contributed by atoms with E-state index in [1.54, 1.807) is 6.92 Å². The summed E-state index contributed by atoms with van der Waals surface area (Å²) >= 11 is 1.39. The standard InChI is InChI=1S/C16H18N4O5S/c1-9(19-8-10(7-17-19)20(23)24)14(21)18-15-13(16(22)25-2)11-5-3-4-6-12(11)26-15/h7-9H,3-6H2,1-2H3,(H,18,21)/t9-/m0/s1. The number of fused-ring (bicyclic) bond motifs is 1. The summed E-state index contributed by atoms with van der Waals surface area (Å²) in [5, 5.41) is 17.9. The zero-order valence-corrected chi connectivity index (χ0v) is 15.2. The third-order valence-electron chi connectivity index (χ3n) is 4.37. The third-order valence-corrected chi connectivity index (χ3v) is 5.58. The molecule has 2 aromatic rings. The predicted octanol–water partition coefficient (Wildman–Crippen LogP) is 2.72. The molecule has 0 radical (unpaired) electrons. The van der Waals surface area contributed by atoms with Crippen LogP contribution >= 0.6 is 11.3 Å². The van der Waals surface area contributed by atoms with E-state index in [1.807, 2.05) is 0 Å². The first-order chi connectivity index (χ1) is 12.4. The number of hydrogen-bond acceptors (Lipinski definition) is 7. The fourth-order valence-electron chi connectivity index (χ4n) is 2.94. The number of nitrogens with zero attached hydrogens (tertiary/aromatic N) is 3. The van der Waals surface area contributed by atoms with Crippen LogP contribution in [0.3, 0.4) is 0 Å². The summed E-state index contributed by atoms with van der Waals surface area (Å²) in [6, 6.07) is -0.770. The fourth-order valence-corrected chi connectivity index (χ4v) is 4.22. The summed E-state index contributed by atoms with van der Waals surface area (Å²) in [5.41, 5.74) is 1.18. The van der Waals surface area contributed by atoms with Crippen molar-refractivity contribution in [1.29, 1.82) is 0 Å². The number of ether oxygens (including phenoxy) is 1. The quantitative estimate of drug-likeness (QED) is 0.486. The van der Waals surface area contributed by atoms with Crippen molar-refractivity contribution in [2.24, 2.45) is 0 Å². The summed E-state index contributed by atoms with van der Waals surface area (Å²) in [6.07, 6.45) is 6.00. The minimum atomic E-state index is -0.770. The topological polar surface area (TPSA) is 116 Å². The normalized spacial score (nSPS) is 14.4. The van der Waals surface area contributed by atoms with Gasteiger partial charge in [0.15, 0.2) is 0 Å². The number of thiophene rings is 1. The lowest BCUT2D eigenvalue weighted by Gasteiger charge is -2.13. The zero-order valence-electron chi connectivity index (χ0n) is 14.4. The molecular formula is C16H18N4O5S. The van der Waals surface area contributed by atoms with Gasteiger partial charge in [0.2, 0.25) is 5.91 Å². The number of amides is 1. The number of esters is 1. The predicted molar refractivity (Wildman–Crippen MR) is 94.5 cm³/mol. The maximum atomic E-state index is 12.6. The molecule has 0 bridgehead atoms. The minimum absolute atomic E-state index is 0.188. The van der Waals surface area contributed by atoms with Crippen LogP contribution in [0.4, 0.5) is 10.7 Å². The Morgan fingerprint density at radius 1 is 1.42 bits per heavy atom. The van der Waals surface area contributed by atoms with Crippen LogP contribution < -0.4 is 5.32 Å². The lowest BCUT2D eigenvalue weighted by Crippen LogP contribution is -2.24. The molecule has 1 aliphatic rings. The molecule has 2 heterocycles. The highest BCUT2D eigenvalue weighted by atomic mass is 32.1. The number of aromatic nitrogens is 2. The molecular weight excluding hydrogens is 360 g/mol. The van der Waals surface area contributed by atoms with Gasteiger partial charge in [-0.15, -0.1) is 11.3 Å². The average molecular weight is 378 g/mol. The van der Waals surface area contributed by atoms with Crippen molar-refractivity contribution in [3.05, 3.63) is 38.5 Å². The maximum Gasteiger partial charge on any atom is 0.341 e. The van der Waals surface area contributed by atoms with Crippen molar-refractivity contribution >= 4 is 33.9 Å². The number of nitro groups is 1. The summed E-state index contributed by atoms with van der Waals surface area (Å²) in [7, 11) is 1.31. The molecule has 0 unspecified atom stereocenters. The van der Waals surface area contributed by atoms with Crippen LogP contribution in [-0.4, -0.2) is 33.7 Å². The van der Waals surface area contributed by atoms with Crippen molar-refractivity contribution in [3.8, 4) is 0 Å². The van der Waals surface area contributed by atoms with Gasteiger partial charge in [0.1, 0.15) is 23.4 Å². The van der Waals surface area contributed by atoms with Crippen LogP contribution in [-0.2, 0) is 22.4 Å². The smallest absolute Gasteiger partial charge is 0.341 e. The molecule has 26 heavy (non-hydrogen) atoms. The van der Waals surface area contributed by atoms with Gasteiger partial charge in [-0.05, 0) is 38.2 Å². The Bertz CT molecular complexity index is 872. The number of methoxy groups -OCH3 is 1. The number of anilines is 1. The molecule has 10 heteroatoms. The first-order valence-electron chi connectivity index (χ1n) is 8.14. The van der Waals surface area contributed by atoms with Crippen LogP contribution in [0.25, 0.3) is 0 Å². The van der Waals surface area contributed by atoms with Gasteiger partial charge in [0.25, 0.3) is 0 Å².